The largest absolute Gasteiger partial charge is 0.356 e. The van der Waals surface area contributed by atoms with Gasteiger partial charge < -0.3 is 20.1 Å². The van der Waals surface area contributed by atoms with Crippen LogP contribution in [0.5, 0.6) is 0 Å². The summed E-state index contributed by atoms with van der Waals surface area (Å²) >= 11 is 0. The van der Waals surface area contributed by atoms with Gasteiger partial charge in [-0.15, -0.1) is 10.2 Å². The van der Waals surface area contributed by atoms with Crippen molar-refractivity contribution in [2.45, 2.75) is 32.7 Å². The van der Waals surface area contributed by atoms with Crippen LogP contribution in [0.3, 0.4) is 0 Å². The highest BCUT2D eigenvalue weighted by Crippen LogP contribution is 2.14. The number of guanidine groups is 1. The molecule has 7 nitrogen and oxygen atoms in total. The lowest BCUT2D eigenvalue weighted by Crippen LogP contribution is -2.43. The van der Waals surface area contributed by atoms with Crippen LogP contribution < -0.4 is 10.6 Å². The first-order valence-electron chi connectivity index (χ1n) is 8.22. The minimum atomic E-state index is 0.749. The van der Waals surface area contributed by atoms with Crippen LogP contribution >= 0.6 is 0 Å². The fourth-order valence-electron chi connectivity index (χ4n) is 2.76. The standard InChI is InChI=1S/C15H29N7/c1-4-14-20-19-12-22(14)10-7-17-15(16-2)18-11-13-5-8-21(3)9-6-13/h12-13H,4-11H2,1-3H3,(H2,16,17,18). The minimum Gasteiger partial charge on any atom is -0.356 e. The number of piperidine rings is 1. The number of nitrogens with one attached hydrogen (secondary N) is 2. The van der Waals surface area contributed by atoms with E-state index in [1.54, 1.807) is 6.33 Å². The minimum absolute atomic E-state index is 0.749. The molecule has 2 rings (SSSR count). The third kappa shape index (κ3) is 4.98. The molecule has 0 atom stereocenters. The lowest BCUT2D eigenvalue weighted by Gasteiger charge is -2.29. The van der Waals surface area contributed by atoms with E-state index >= 15 is 0 Å². The van der Waals surface area contributed by atoms with E-state index < -0.39 is 0 Å². The summed E-state index contributed by atoms with van der Waals surface area (Å²) < 4.78 is 2.08. The topological polar surface area (TPSA) is 70.4 Å². The van der Waals surface area contributed by atoms with E-state index in [4.69, 9.17) is 0 Å². The van der Waals surface area contributed by atoms with Gasteiger partial charge in [0.05, 0.1) is 0 Å². The van der Waals surface area contributed by atoms with Crippen molar-refractivity contribution in [3.8, 4) is 0 Å². The van der Waals surface area contributed by atoms with E-state index in [9.17, 15) is 0 Å². The van der Waals surface area contributed by atoms with Crippen LogP contribution in [0.4, 0.5) is 0 Å². The van der Waals surface area contributed by atoms with E-state index in [2.05, 4.69) is 49.3 Å². The molecule has 2 N–H and O–H groups in total. The van der Waals surface area contributed by atoms with Gasteiger partial charge in [-0.25, -0.2) is 0 Å². The third-order valence-electron chi connectivity index (χ3n) is 4.28. The molecule has 0 saturated carbocycles. The molecule has 1 saturated heterocycles. The number of hydrogen-bond donors (Lipinski definition) is 2. The van der Waals surface area contributed by atoms with Crippen molar-refractivity contribution in [3.05, 3.63) is 12.2 Å². The lowest BCUT2D eigenvalue weighted by molar-refractivity contribution is 0.220. The second kappa shape index (κ2) is 8.73. The van der Waals surface area contributed by atoms with Crippen molar-refractivity contribution in [2.75, 3.05) is 40.3 Å². The predicted octanol–water partition coefficient (Wildman–Crippen LogP) is 0.347. The monoisotopic (exact) mass is 307 g/mol. The maximum atomic E-state index is 4.29. The van der Waals surface area contributed by atoms with Gasteiger partial charge in [0, 0.05) is 33.1 Å². The Balaban J connectivity index is 1.67. The Labute approximate surface area is 133 Å². The number of nitrogens with zero attached hydrogens (tertiary/aromatic N) is 5. The molecule has 0 amide bonds. The molecule has 1 aliphatic rings. The highest BCUT2D eigenvalue weighted by molar-refractivity contribution is 5.79. The van der Waals surface area contributed by atoms with E-state index in [-0.39, 0.29) is 0 Å². The Hall–Kier alpha value is -1.63. The maximum absolute atomic E-state index is 4.29. The number of hydrogen-bond acceptors (Lipinski definition) is 4. The molecular weight excluding hydrogens is 278 g/mol. The first kappa shape index (κ1) is 16.7. The number of likely N-dealkylation sites (tertiary alicyclic amines) is 1. The molecule has 0 spiro atoms. The molecule has 0 unspecified atom stereocenters. The zero-order valence-electron chi connectivity index (χ0n) is 14.0. The Bertz CT molecular complexity index is 460. The predicted molar refractivity (Wildman–Crippen MR) is 89.0 cm³/mol. The average Bonchev–Trinajstić information content (AvgIpc) is 2.99. The van der Waals surface area contributed by atoms with E-state index in [0.29, 0.717) is 0 Å². The van der Waals surface area contributed by atoms with Gasteiger partial charge in [-0.2, -0.15) is 0 Å². The first-order valence-corrected chi connectivity index (χ1v) is 8.22. The molecule has 124 valence electrons. The van der Waals surface area contributed by atoms with Crippen LogP contribution in [0.25, 0.3) is 0 Å². The van der Waals surface area contributed by atoms with Crippen molar-refractivity contribution in [1.29, 1.82) is 0 Å². The maximum Gasteiger partial charge on any atom is 0.191 e. The summed E-state index contributed by atoms with van der Waals surface area (Å²) in [6, 6.07) is 0. The summed E-state index contributed by atoms with van der Waals surface area (Å²) in [5.41, 5.74) is 0. The molecule has 1 aromatic heterocycles. The molecule has 1 aliphatic heterocycles. The second-order valence-corrected chi connectivity index (χ2v) is 5.92. The van der Waals surface area contributed by atoms with Gasteiger partial charge in [0.15, 0.2) is 5.96 Å². The van der Waals surface area contributed by atoms with Crippen LogP contribution in [0.2, 0.25) is 0 Å². The van der Waals surface area contributed by atoms with E-state index in [1.807, 2.05) is 7.05 Å². The fourth-order valence-corrected chi connectivity index (χ4v) is 2.76. The number of aryl methyl sites for hydroxylation is 1. The highest BCUT2D eigenvalue weighted by Gasteiger charge is 2.16. The molecule has 2 heterocycles. The molecule has 0 bridgehead atoms. The molecule has 1 aromatic rings. The number of aromatic nitrogens is 3. The van der Waals surface area contributed by atoms with Gasteiger partial charge in [0.1, 0.15) is 12.2 Å². The average molecular weight is 307 g/mol. The van der Waals surface area contributed by atoms with Crippen molar-refractivity contribution in [1.82, 2.24) is 30.3 Å². The van der Waals surface area contributed by atoms with Crippen molar-refractivity contribution in [2.24, 2.45) is 10.9 Å². The van der Waals surface area contributed by atoms with Gasteiger partial charge >= 0.3 is 0 Å². The lowest BCUT2D eigenvalue weighted by atomic mass is 9.97. The molecule has 0 aliphatic carbocycles. The summed E-state index contributed by atoms with van der Waals surface area (Å²) in [5.74, 6) is 2.65. The fraction of sp³-hybridized carbons (Fsp3) is 0.800. The van der Waals surface area contributed by atoms with Crippen molar-refractivity contribution >= 4 is 5.96 Å². The zero-order valence-corrected chi connectivity index (χ0v) is 14.0. The van der Waals surface area contributed by atoms with Crippen LogP contribution in [-0.4, -0.2) is 65.9 Å². The summed E-state index contributed by atoms with van der Waals surface area (Å²) in [5, 5.41) is 14.8. The van der Waals surface area contributed by atoms with Gasteiger partial charge in [-0.3, -0.25) is 4.99 Å². The molecule has 0 radical (unpaired) electrons. The zero-order chi connectivity index (χ0) is 15.8. The summed E-state index contributed by atoms with van der Waals surface area (Å²) in [6.07, 6.45) is 5.22. The van der Waals surface area contributed by atoms with Crippen LogP contribution in [-0.2, 0) is 13.0 Å². The normalized spacial score (nSPS) is 17.7. The SMILES string of the molecule is CCc1nncn1CCNC(=NC)NCC1CCN(C)CC1. The Morgan fingerprint density at radius 2 is 2.14 bits per heavy atom. The first-order chi connectivity index (χ1) is 10.7. The molecule has 0 aromatic carbocycles. The Morgan fingerprint density at radius 3 is 2.82 bits per heavy atom. The molecule has 1 fully saturated rings. The van der Waals surface area contributed by atoms with Gasteiger partial charge in [0.25, 0.3) is 0 Å². The van der Waals surface area contributed by atoms with Crippen molar-refractivity contribution < 1.29 is 0 Å². The van der Waals surface area contributed by atoms with Crippen LogP contribution in [0, 0.1) is 5.92 Å². The quantitative estimate of drug-likeness (QED) is 0.586. The summed E-state index contributed by atoms with van der Waals surface area (Å²) in [6.45, 7) is 7.16. The van der Waals surface area contributed by atoms with Gasteiger partial charge in [-0.1, -0.05) is 6.92 Å². The van der Waals surface area contributed by atoms with Crippen molar-refractivity contribution in [3.63, 3.8) is 0 Å². The number of rotatable bonds is 6. The molecular formula is C15H29N7. The van der Waals surface area contributed by atoms with Gasteiger partial charge in [-0.05, 0) is 38.9 Å². The Morgan fingerprint density at radius 1 is 1.36 bits per heavy atom. The van der Waals surface area contributed by atoms with E-state index in [1.165, 1.54) is 25.9 Å². The smallest absolute Gasteiger partial charge is 0.191 e. The van der Waals surface area contributed by atoms with E-state index in [0.717, 1.165) is 43.8 Å². The number of aliphatic imine (C=N–C) groups is 1. The van der Waals surface area contributed by atoms with Crippen LogP contribution in [0.1, 0.15) is 25.6 Å². The Kier molecular flexibility index (Phi) is 6.64. The third-order valence-corrected chi connectivity index (χ3v) is 4.28. The second-order valence-electron chi connectivity index (χ2n) is 5.92. The summed E-state index contributed by atoms with van der Waals surface area (Å²) in [4.78, 5) is 6.69. The molecule has 22 heavy (non-hydrogen) atoms. The van der Waals surface area contributed by atoms with Crippen LogP contribution in [0.15, 0.2) is 11.3 Å². The molecule has 7 heteroatoms. The van der Waals surface area contributed by atoms with Gasteiger partial charge in [0.2, 0.25) is 0 Å². The highest BCUT2D eigenvalue weighted by atomic mass is 15.3. The summed E-state index contributed by atoms with van der Waals surface area (Å²) in [7, 11) is 4.01.